The van der Waals surface area contributed by atoms with Crippen molar-refractivity contribution in [3.05, 3.63) is 48.3 Å². The van der Waals surface area contributed by atoms with Crippen molar-refractivity contribution in [3.8, 4) is 0 Å². The number of hydrogen-bond donors (Lipinski definition) is 2. The number of nitrogens with zero attached hydrogens (tertiary/aromatic N) is 2. The third kappa shape index (κ3) is 5.19. The van der Waals surface area contributed by atoms with E-state index in [9.17, 15) is 14.0 Å². The first-order valence-corrected chi connectivity index (χ1v) is 7.76. The highest BCUT2D eigenvalue weighted by Gasteiger charge is 2.11. The van der Waals surface area contributed by atoms with Crippen LogP contribution in [0.5, 0.6) is 0 Å². The van der Waals surface area contributed by atoms with E-state index in [4.69, 9.17) is 0 Å². The van der Waals surface area contributed by atoms with Gasteiger partial charge in [0.1, 0.15) is 5.82 Å². The molecule has 0 fully saturated rings. The van der Waals surface area contributed by atoms with Gasteiger partial charge in [0.2, 0.25) is 11.8 Å². The van der Waals surface area contributed by atoms with Crippen molar-refractivity contribution in [1.82, 2.24) is 14.9 Å². The summed E-state index contributed by atoms with van der Waals surface area (Å²) in [6.07, 6.45) is 5.23. The summed E-state index contributed by atoms with van der Waals surface area (Å²) in [6, 6.07) is 4.56. The van der Waals surface area contributed by atoms with Crippen LogP contribution in [-0.2, 0) is 9.59 Å². The van der Waals surface area contributed by atoms with Gasteiger partial charge in [-0.2, -0.15) is 0 Å². The predicted molar refractivity (Wildman–Crippen MR) is 88.9 cm³/mol. The number of nitrogens with one attached hydrogen (secondary N) is 2. The van der Waals surface area contributed by atoms with Gasteiger partial charge in [-0.1, -0.05) is 6.07 Å². The third-order valence-corrected chi connectivity index (χ3v) is 3.60. The van der Waals surface area contributed by atoms with Crippen molar-refractivity contribution in [2.24, 2.45) is 0 Å². The minimum atomic E-state index is -0.493. The molecule has 0 aliphatic carbocycles. The number of imidazole rings is 1. The highest BCUT2D eigenvalue weighted by molar-refractivity contribution is 5.93. The summed E-state index contributed by atoms with van der Waals surface area (Å²) in [7, 11) is 0. The maximum Gasteiger partial charge on any atom is 0.224 e. The molecule has 24 heavy (non-hydrogen) atoms. The molecule has 0 saturated carbocycles. The molecule has 1 unspecified atom stereocenters. The Morgan fingerprint density at radius 3 is 2.75 bits per heavy atom. The van der Waals surface area contributed by atoms with Gasteiger partial charge in [-0.25, -0.2) is 9.37 Å². The Kier molecular flexibility index (Phi) is 6.06. The summed E-state index contributed by atoms with van der Waals surface area (Å²) in [5.41, 5.74) is 0.979. The minimum Gasteiger partial charge on any atom is -0.354 e. The van der Waals surface area contributed by atoms with Gasteiger partial charge in [-0.3, -0.25) is 9.59 Å². The van der Waals surface area contributed by atoms with Crippen molar-refractivity contribution in [2.75, 3.05) is 11.9 Å². The van der Waals surface area contributed by atoms with Crippen LogP contribution in [0.25, 0.3) is 0 Å². The van der Waals surface area contributed by atoms with E-state index in [1.807, 2.05) is 24.6 Å². The van der Waals surface area contributed by atoms with Crippen LogP contribution >= 0.6 is 0 Å². The molecule has 2 N–H and O–H groups in total. The fourth-order valence-electron chi connectivity index (χ4n) is 2.16. The number of hydrogen-bond acceptors (Lipinski definition) is 3. The lowest BCUT2D eigenvalue weighted by atomic mass is 10.2. The predicted octanol–water partition coefficient (Wildman–Crippen LogP) is 2.43. The normalized spacial score (nSPS) is 11.8. The quantitative estimate of drug-likeness (QED) is 0.817. The molecule has 2 rings (SSSR count). The van der Waals surface area contributed by atoms with Crippen LogP contribution in [0.3, 0.4) is 0 Å². The van der Waals surface area contributed by atoms with Gasteiger partial charge >= 0.3 is 0 Å². The molecule has 2 amide bonds. The topological polar surface area (TPSA) is 76.0 Å². The summed E-state index contributed by atoms with van der Waals surface area (Å²) < 4.78 is 15.5. The van der Waals surface area contributed by atoms with Crippen molar-refractivity contribution >= 4 is 17.5 Å². The van der Waals surface area contributed by atoms with Gasteiger partial charge in [0.05, 0.1) is 12.0 Å². The van der Waals surface area contributed by atoms with Crippen LogP contribution in [0.1, 0.15) is 31.4 Å². The highest BCUT2D eigenvalue weighted by atomic mass is 19.1. The standard InChI is InChI=1S/C17H21FN4O2/c1-12-3-4-14(18)15(9-12)21-17(24)6-5-16(23)20-10-13(2)22-8-7-19-11-22/h3-4,7-9,11,13H,5-6,10H2,1-2H3,(H,20,23)(H,21,24). The largest absolute Gasteiger partial charge is 0.354 e. The zero-order valence-corrected chi connectivity index (χ0v) is 13.8. The van der Waals surface area contributed by atoms with E-state index in [1.165, 1.54) is 6.07 Å². The van der Waals surface area contributed by atoms with Crippen molar-refractivity contribution in [3.63, 3.8) is 0 Å². The van der Waals surface area contributed by atoms with E-state index in [0.717, 1.165) is 5.56 Å². The molecule has 0 aliphatic heterocycles. The molecule has 1 atom stereocenters. The number of carbonyl (C=O) groups is 2. The Morgan fingerprint density at radius 1 is 1.29 bits per heavy atom. The molecule has 128 valence electrons. The van der Waals surface area contributed by atoms with Crippen LogP contribution in [0.2, 0.25) is 0 Å². The number of anilines is 1. The average molecular weight is 332 g/mol. The second-order valence-electron chi connectivity index (χ2n) is 5.69. The molecule has 6 nitrogen and oxygen atoms in total. The smallest absolute Gasteiger partial charge is 0.224 e. The van der Waals surface area contributed by atoms with Gasteiger partial charge in [-0.05, 0) is 31.5 Å². The van der Waals surface area contributed by atoms with Crippen LogP contribution in [0, 0.1) is 12.7 Å². The fourth-order valence-corrected chi connectivity index (χ4v) is 2.16. The Balaban J connectivity index is 1.73. The molecule has 0 saturated heterocycles. The van der Waals surface area contributed by atoms with Gasteiger partial charge in [-0.15, -0.1) is 0 Å². The summed E-state index contributed by atoms with van der Waals surface area (Å²) >= 11 is 0. The number of amides is 2. The SMILES string of the molecule is Cc1ccc(F)c(NC(=O)CCC(=O)NCC(C)n2ccnc2)c1. The fraction of sp³-hybridized carbons (Fsp3) is 0.353. The molecule has 0 aliphatic rings. The first kappa shape index (κ1) is 17.7. The Morgan fingerprint density at radius 2 is 2.04 bits per heavy atom. The van der Waals surface area contributed by atoms with Crippen molar-refractivity contribution < 1.29 is 14.0 Å². The monoisotopic (exact) mass is 332 g/mol. The average Bonchev–Trinajstić information content (AvgIpc) is 3.08. The van der Waals surface area contributed by atoms with E-state index >= 15 is 0 Å². The van der Waals surface area contributed by atoms with E-state index in [0.29, 0.717) is 6.54 Å². The Hall–Kier alpha value is -2.70. The van der Waals surface area contributed by atoms with Gasteiger partial charge in [0, 0.05) is 37.8 Å². The van der Waals surface area contributed by atoms with Crippen LogP contribution < -0.4 is 10.6 Å². The number of benzene rings is 1. The van der Waals surface area contributed by atoms with Crippen LogP contribution in [0.4, 0.5) is 10.1 Å². The molecule has 1 heterocycles. The summed E-state index contributed by atoms with van der Waals surface area (Å²) in [5.74, 6) is -1.10. The zero-order chi connectivity index (χ0) is 17.5. The van der Waals surface area contributed by atoms with Crippen LogP contribution in [-0.4, -0.2) is 27.9 Å². The Bertz CT molecular complexity index is 701. The maximum atomic E-state index is 13.6. The number of halogens is 1. The first-order chi connectivity index (χ1) is 11.5. The number of aromatic nitrogens is 2. The van der Waals surface area contributed by atoms with E-state index in [-0.39, 0.29) is 30.5 Å². The first-order valence-electron chi connectivity index (χ1n) is 7.76. The van der Waals surface area contributed by atoms with E-state index in [1.54, 1.807) is 24.7 Å². The van der Waals surface area contributed by atoms with Gasteiger partial charge in [0.25, 0.3) is 0 Å². The van der Waals surface area contributed by atoms with Crippen LogP contribution in [0.15, 0.2) is 36.9 Å². The summed E-state index contributed by atoms with van der Waals surface area (Å²) in [4.78, 5) is 27.6. The summed E-state index contributed by atoms with van der Waals surface area (Å²) in [6.45, 7) is 4.21. The molecule has 0 radical (unpaired) electrons. The second kappa shape index (κ2) is 8.24. The maximum absolute atomic E-state index is 13.6. The lowest BCUT2D eigenvalue weighted by Crippen LogP contribution is -2.30. The van der Waals surface area contributed by atoms with E-state index in [2.05, 4.69) is 15.6 Å². The molecule has 2 aromatic rings. The van der Waals surface area contributed by atoms with Crippen molar-refractivity contribution in [1.29, 1.82) is 0 Å². The second-order valence-corrected chi connectivity index (χ2v) is 5.69. The van der Waals surface area contributed by atoms with Crippen molar-refractivity contribution in [2.45, 2.75) is 32.7 Å². The molecular weight excluding hydrogens is 311 g/mol. The molecule has 0 bridgehead atoms. The third-order valence-electron chi connectivity index (χ3n) is 3.60. The molecule has 7 heteroatoms. The van der Waals surface area contributed by atoms with E-state index < -0.39 is 11.7 Å². The molecular formula is C17H21FN4O2. The molecule has 1 aromatic heterocycles. The lowest BCUT2D eigenvalue weighted by Gasteiger charge is -2.14. The summed E-state index contributed by atoms with van der Waals surface area (Å²) in [5, 5.41) is 5.26. The number of rotatable bonds is 7. The zero-order valence-electron chi connectivity index (χ0n) is 13.8. The number of aryl methyl sites for hydroxylation is 1. The minimum absolute atomic E-state index is 0.00132. The highest BCUT2D eigenvalue weighted by Crippen LogP contribution is 2.16. The number of carbonyl (C=O) groups excluding carboxylic acids is 2. The lowest BCUT2D eigenvalue weighted by molar-refractivity contribution is -0.124. The Labute approximate surface area is 140 Å². The molecule has 1 aromatic carbocycles. The van der Waals surface area contributed by atoms with Gasteiger partial charge < -0.3 is 15.2 Å². The van der Waals surface area contributed by atoms with Gasteiger partial charge in [0.15, 0.2) is 0 Å². The molecule has 0 spiro atoms.